The van der Waals surface area contributed by atoms with Gasteiger partial charge in [0.25, 0.3) is 0 Å². The molecule has 0 bridgehead atoms. The molecule has 0 aromatic heterocycles. The summed E-state index contributed by atoms with van der Waals surface area (Å²) in [6, 6.07) is 7.90. The Morgan fingerprint density at radius 2 is 1.75 bits per heavy atom. The number of hydrogen-bond acceptors (Lipinski definition) is 1. The second kappa shape index (κ2) is 4.25. The van der Waals surface area contributed by atoms with Crippen LogP contribution < -0.4 is 0 Å². The SMILES string of the molecule is CC1=C(C)C(C(=O)c2ccc(C)cc2)CC1. The maximum absolute atomic E-state index is 12.3. The van der Waals surface area contributed by atoms with Crippen molar-refractivity contribution in [1.29, 1.82) is 0 Å². The van der Waals surface area contributed by atoms with Crippen molar-refractivity contribution < 1.29 is 4.79 Å². The molecule has 0 fully saturated rings. The first kappa shape index (κ1) is 11.1. The summed E-state index contributed by atoms with van der Waals surface area (Å²) in [7, 11) is 0. The smallest absolute Gasteiger partial charge is 0.169 e. The normalized spacial score (nSPS) is 20.3. The van der Waals surface area contributed by atoms with Crippen LogP contribution in [0.1, 0.15) is 42.6 Å². The Hall–Kier alpha value is -1.37. The summed E-state index contributed by atoms with van der Waals surface area (Å²) in [5.41, 5.74) is 4.73. The quantitative estimate of drug-likeness (QED) is 0.538. The molecule has 0 heterocycles. The Morgan fingerprint density at radius 1 is 1.12 bits per heavy atom. The van der Waals surface area contributed by atoms with E-state index in [4.69, 9.17) is 0 Å². The maximum Gasteiger partial charge on any atom is 0.169 e. The number of hydrogen-bond donors (Lipinski definition) is 0. The molecule has 1 aromatic rings. The number of aryl methyl sites for hydroxylation is 1. The van der Waals surface area contributed by atoms with Gasteiger partial charge < -0.3 is 0 Å². The number of carbonyl (C=O) groups excluding carboxylic acids is 1. The van der Waals surface area contributed by atoms with Crippen LogP contribution in [0.5, 0.6) is 0 Å². The highest BCUT2D eigenvalue weighted by Gasteiger charge is 2.27. The van der Waals surface area contributed by atoms with E-state index in [1.54, 1.807) is 0 Å². The van der Waals surface area contributed by atoms with Gasteiger partial charge >= 0.3 is 0 Å². The van der Waals surface area contributed by atoms with E-state index in [0.29, 0.717) is 0 Å². The van der Waals surface area contributed by atoms with Gasteiger partial charge in [-0.05, 0) is 33.6 Å². The molecule has 1 aliphatic carbocycles. The summed E-state index contributed by atoms with van der Waals surface area (Å²) in [5.74, 6) is 0.414. The van der Waals surface area contributed by atoms with Crippen LogP contribution in [-0.2, 0) is 0 Å². The standard InChI is InChI=1S/C15H18O/c1-10-4-7-13(8-5-10)15(16)14-9-6-11(2)12(14)3/h4-5,7-8,14H,6,9H2,1-3H3. The Kier molecular flexibility index (Phi) is 2.95. The summed E-state index contributed by atoms with van der Waals surface area (Å²) in [6.45, 7) is 6.27. The first-order valence-electron chi connectivity index (χ1n) is 5.86. The third-order valence-electron chi connectivity index (χ3n) is 3.66. The Labute approximate surface area is 97.2 Å². The summed E-state index contributed by atoms with van der Waals surface area (Å²) < 4.78 is 0. The van der Waals surface area contributed by atoms with Crippen LogP contribution in [0.4, 0.5) is 0 Å². The van der Waals surface area contributed by atoms with E-state index >= 15 is 0 Å². The van der Waals surface area contributed by atoms with Gasteiger partial charge in [0, 0.05) is 11.5 Å². The van der Waals surface area contributed by atoms with Crippen molar-refractivity contribution in [3.05, 3.63) is 46.5 Å². The Balaban J connectivity index is 2.24. The van der Waals surface area contributed by atoms with Crippen LogP contribution >= 0.6 is 0 Å². The third kappa shape index (κ3) is 1.95. The number of rotatable bonds is 2. The van der Waals surface area contributed by atoms with Gasteiger partial charge in [0.05, 0.1) is 0 Å². The Morgan fingerprint density at radius 3 is 2.25 bits per heavy atom. The van der Waals surface area contributed by atoms with Crippen molar-refractivity contribution >= 4 is 5.78 Å². The zero-order chi connectivity index (χ0) is 11.7. The second-order valence-corrected chi connectivity index (χ2v) is 4.78. The lowest BCUT2D eigenvalue weighted by atomic mass is 9.92. The van der Waals surface area contributed by atoms with Gasteiger partial charge in [-0.2, -0.15) is 0 Å². The number of carbonyl (C=O) groups is 1. The minimum atomic E-state index is 0.128. The van der Waals surface area contributed by atoms with Crippen LogP contribution in [0.25, 0.3) is 0 Å². The maximum atomic E-state index is 12.3. The molecule has 1 unspecified atom stereocenters. The molecule has 0 N–H and O–H groups in total. The lowest BCUT2D eigenvalue weighted by molar-refractivity contribution is 0.0939. The number of ketones is 1. The fourth-order valence-electron chi connectivity index (χ4n) is 2.32. The fourth-order valence-corrected chi connectivity index (χ4v) is 2.32. The van der Waals surface area contributed by atoms with Gasteiger partial charge in [0.15, 0.2) is 5.78 Å². The zero-order valence-corrected chi connectivity index (χ0v) is 10.2. The van der Waals surface area contributed by atoms with Gasteiger partial charge in [-0.25, -0.2) is 0 Å². The monoisotopic (exact) mass is 214 g/mol. The summed E-state index contributed by atoms with van der Waals surface area (Å²) in [4.78, 5) is 12.3. The molecule has 0 spiro atoms. The van der Waals surface area contributed by atoms with Crippen molar-refractivity contribution in [3.63, 3.8) is 0 Å². The van der Waals surface area contributed by atoms with Crippen LogP contribution in [-0.4, -0.2) is 5.78 Å². The van der Waals surface area contributed by atoms with Gasteiger partial charge in [0.1, 0.15) is 0 Å². The molecular formula is C15H18O. The van der Waals surface area contributed by atoms with E-state index in [-0.39, 0.29) is 11.7 Å². The average molecular weight is 214 g/mol. The topological polar surface area (TPSA) is 17.1 Å². The molecule has 1 heteroatoms. The van der Waals surface area contributed by atoms with E-state index in [0.717, 1.165) is 18.4 Å². The number of allylic oxidation sites excluding steroid dienone is 2. The van der Waals surface area contributed by atoms with Crippen molar-refractivity contribution in [2.24, 2.45) is 5.92 Å². The van der Waals surface area contributed by atoms with Crippen LogP contribution in [0.15, 0.2) is 35.4 Å². The predicted molar refractivity (Wildman–Crippen MR) is 66.6 cm³/mol. The minimum absolute atomic E-state index is 0.128. The highest BCUT2D eigenvalue weighted by molar-refractivity contribution is 5.99. The first-order valence-corrected chi connectivity index (χ1v) is 5.86. The lowest BCUT2D eigenvalue weighted by Crippen LogP contribution is -2.13. The molecule has 0 saturated heterocycles. The number of Topliss-reactive ketones (excluding diaryl/α,β-unsaturated/α-hetero) is 1. The molecule has 0 amide bonds. The first-order chi connectivity index (χ1) is 7.59. The highest BCUT2D eigenvalue weighted by atomic mass is 16.1. The van der Waals surface area contributed by atoms with Crippen molar-refractivity contribution in [3.8, 4) is 0 Å². The lowest BCUT2D eigenvalue weighted by Gasteiger charge is -2.10. The minimum Gasteiger partial charge on any atom is -0.294 e. The molecule has 1 atom stereocenters. The summed E-state index contributed by atoms with van der Waals surface area (Å²) >= 11 is 0. The molecule has 0 radical (unpaired) electrons. The van der Waals surface area contributed by atoms with Gasteiger partial charge in [-0.15, -0.1) is 0 Å². The molecule has 0 saturated carbocycles. The zero-order valence-electron chi connectivity index (χ0n) is 10.2. The van der Waals surface area contributed by atoms with Crippen molar-refractivity contribution in [2.45, 2.75) is 33.6 Å². The van der Waals surface area contributed by atoms with E-state index in [9.17, 15) is 4.79 Å². The number of benzene rings is 1. The molecule has 1 nitrogen and oxygen atoms in total. The molecule has 1 aliphatic rings. The summed E-state index contributed by atoms with van der Waals surface area (Å²) in [6.07, 6.45) is 2.07. The van der Waals surface area contributed by atoms with Crippen molar-refractivity contribution in [2.75, 3.05) is 0 Å². The molecule has 1 aromatic carbocycles. The van der Waals surface area contributed by atoms with E-state index < -0.39 is 0 Å². The Bertz CT molecular complexity index is 437. The van der Waals surface area contributed by atoms with Gasteiger partial charge in [0.2, 0.25) is 0 Å². The van der Waals surface area contributed by atoms with E-state index in [1.165, 1.54) is 16.7 Å². The second-order valence-electron chi connectivity index (χ2n) is 4.78. The average Bonchev–Trinajstić information content (AvgIpc) is 2.60. The molecular weight excluding hydrogens is 196 g/mol. The van der Waals surface area contributed by atoms with Gasteiger partial charge in [-0.1, -0.05) is 41.0 Å². The third-order valence-corrected chi connectivity index (χ3v) is 3.66. The van der Waals surface area contributed by atoms with E-state index in [2.05, 4.69) is 13.8 Å². The molecule has 2 rings (SSSR count). The largest absolute Gasteiger partial charge is 0.294 e. The van der Waals surface area contributed by atoms with Crippen molar-refractivity contribution in [1.82, 2.24) is 0 Å². The predicted octanol–water partition coefficient (Wildman–Crippen LogP) is 3.92. The molecule has 0 aliphatic heterocycles. The van der Waals surface area contributed by atoms with Crippen LogP contribution in [0, 0.1) is 12.8 Å². The van der Waals surface area contributed by atoms with E-state index in [1.807, 2.05) is 31.2 Å². The van der Waals surface area contributed by atoms with Crippen LogP contribution in [0.3, 0.4) is 0 Å². The van der Waals surface area contributed by atoms with Gasteiger partial charge in [-0.3, -0.25) is 4.79 Å². The fraction of sp³-hybridized carbons (Fsp3) is 0.400. The van der Waals surface area contributed by atoms with Crippen LogP contribution in [0.2, 0.25) is 0 Å². The highest BCUT2D eigenvalue weighted by Crippen LogP contribution is 2.33. The molecule has 84 valence electrons. The summed E-state index contributed by atoms with van der Waals surface area (Å²) in [5, 5.41) is 0. The molecule has 16 heavy (non-hydrogen) atoms.